The number of carbonyl (C=O) groups is 2. The van der Waals surface area contributed by atoms with Gasteiger partial charge in [0.1, 0.15) is 0 Å². The molecule has 126 valence electrons. The number of nitro groups is 1. The van der Waals surface area contributed by atoms with Crippen molar-refractivity contribution in [3.63, 3.8) is 0 Å². The van der Waals surface area contributed by atoms with Crippen LogP contribution in [0.4, 0.5) is 5.69 Å². The van der Waals surface area contributed by atoms with Crippen LogP contribution in [0.1, 0.15) is 30.1 Å². The molecule has 1 aliphatic rings. The van der Waals surface area contributed by atoms with Gasteiger partial charge in [0.2, 0.25) is 0 Å². The largest absolute Gasteiger partial charge is 0.481 e. The zero-order chi connectivity index (χ0) is 17.5. The van der Waals surface area contributed by atoms with Crippen molar-refractivity contribution in [1.82, 2.24) is 9.88 Å². The number of hydrogen-bond acceptors (Lipinski definition) is 4. The smallest absolute Gasteiger partial charge is 0.311 e. The van der Waals surface area contributed by atoms with E-state index in [1.165, 1.54) is 23.2 Å². The molecule has 1 aromatic heterocycles. The summed E-state index contributed by atoms with van der Waals surface area (Å²) in [7, 11) is 0. The van der Waals surface area contributed by atoms with E-state index < -0.39 is 16.3 Å². The van der Waals surface area contributed by atoms with Crippen LogP contribution in [-0.4, -0.2) is 44.9 Å². The van der Waals surface area contributed by atoms with Crippen LogP contribution in [-0.2, 0) is 4.79 Å². The number of nitro benzene ring substituents is 1. The van der Waals surface area contributed by atoms with E-state index in [-0.39, 0.29) is 18.1 Å². The molecule has 1 amide bonds. The van der Waals surface area contributed by atoms with E-state index in [0.717, 1.165) is 0 Å². The van der Waals surface area contributed by atoms with Gasteiger partial charge >= 0.3 is 5.97 Å². The van der Waals surface area contributed by atoms with Gasteiger partial charge in [-0.25, -0.2) is 0 Å². The summed E-state index contributed by atoms with van der Waals surface area (Å²) in [4.78, 5) is 39.1. The van der Waals surface area contributed by atoms with Gasteiger partial charge in [-0.05, 0) is 25.8 Å². The van der Waals surface area contributed by atoms with Gasteiger partial charge in [0.15, 0.2) is 0 Å². The fourth-order valence-corrected chi connectivity index (χ4v) is 3.16. The summed E-state index contributed by atoms with van der Waals surface area (Å²) < 4.78 is 0. The Hall–Kier alpha value is -2.90. The number of aliphatic carboxylic acids is 1. The maximum Gasteiger partial charge on any atom is 0.311 e. The summed E-state index contributed by atoms with van der Waals surface area (Å²) in [5, 5.41) is 20.8. The second kappa shape index (κ2) is 5.63. The fraction of sp³-hybridized carbons (Fsp3) is 0.375. The highest BCUT2D eigenvalue weighted by molar-refractivity contribution is 6.07. The molecule has 24 heavy (non-hydrogen) atoms. The number of aromatic nitrogens is 1. The molecule has 1 aliphatic heterocycles. The lowest BCUT2D eigenvalue weighted by Crippen LogP contribution is -2.48. The number of piperidine rings is 1. The number of benzene rings is 1. The Balaban J connectivity index is 1.95. The van der Waals surface area contributed by atoms with E-state index in [4.69, 9.17) is 0 Å². The van der Waals surface area contributed by atoms with Crippen molar-refractivity contribution in [3.8, 4) is 0 Å². The summed E-state index contributed by atoms with van der Waals surface area (Å²) >= 11 is 0. The van der Waals surface area contributed by atoms with Crippen molar-refractivity contribution in [1.29, 1.82) is 0 Å². The van der Waals surface area contributed by atoms with Gasteiger partial charge in [-0.2, -0.15) is 0 Å². The van der Waals surface area contributed by atoms with Gasteiger partial charge in [-0.3, -0.25) is 19.7 Å². The van der Waals surface area contributed by atoms with Crippen LogP contribution >= 0.6 is 0 Å². The number of H-pyrrole nitrogens is 1. The minimum atomic E-state index is -0.966. The van der Waals surface area contributed by atoms with Crippen LogP contribution in [0.2, 0.25) is 0 Å². The number of carbonyl (C=O) groups excluding carboxylic acids is 1. The Bertz CT molecular complexity index is 843. The molecule has 0 radical (unpaired) electrons. The number of nitrogens with one attached hydrogen (secondary N) is 1. The highest BCUT2D eigenvalue weighted by Crippen LogP contribution is 2.32. The van der Waals surface area contributed by atoms with E-state index in [2.05, 4.69) is 4.98 Å². The number of nitrogens with zero attached hydrogens (tertiary/aromatic N) is 2. The zero-order valence-electron chi connectivity index (χ0n) is 13.1. The molecular formula is C16H17N3O5. The topological polar surface area (TPSA) is 117 Å². The van der Waals surface area contributed by atoms with Gasteiger partial charge in [-0.15, -0.1) is 0 Å². The number of carboxylic acids is 1. The molecule has 0 bridgehead atoms. The van der Waals surface area contributed by atoms with Crippen LogP contribution < -0.4 is 0 Å². The first-order valence-electron chi connectivity index (χ1n) is 7.60. The molecule has 1 saturated heterocycles. The maximum atomic E-state index is 12.8. The second-order valence-corrected chi connectivity index (χ2v) is 6.39. The number of aromatic amines is 1. The van der Waals surface area contributed by atoms with E-state index in [1.54, 1.807) is 13.0 Å². The van der Waals surface area contributed by atoms with Gasteiger partial charge in [-0.1, -0.05) is 0 Å². The van der Waals surface area contributed by atoms with Crippen LogP contribution in [0.15, 0.2) is 24.4 Å². The number of amides is 1. The third-order valence-electron chi connectivity index (χ3n) is 4.61. The number of non-ortho nitro benzene ring substituents is 1. The highest BCUT2D eigenvalue weighted by atomic mass is 16.6. The molecule has 2 aromatic rings. The molecule has 1 aromatic carbocycles. The third kappa shape index (κ3) is 2.60. The Morgan fingerprint density at radius 1 is 1.42 bits per heavy atom. The summed E-state index contributed by atoms with van der Waals surface area (Å²) in [5.41, 5.74) is -0.109. The number of carboxylic acid groups (broad SMARTS) is 1. The van der Waals surface area contributed by atoms with Crippen molar-refractivity contribution >= 4 is 28.5 Å². The third-order valence-corrected chi connectivity index (χ3v) is 4.61. The Morgan fingerprint density at radius 3 is 2.83 bits per heavy atom. The average molecular weight is 331 g/mol. The number of hydrogen-bond donors (Lipinski definition) is 2. The Morgan fingerprint density at radius 2 is 2.17 bits per heavy atom. The van der Waals surface area contributed by atoms with Gasteiger partial charge in [0.25, 0.3) is 11.6 Å². The SMILES string of the molecule is CC1(C(=O)O)CCCN(C(=O)c2c[nH]c3ccc([N+](=O)[O-])cc23)C1. The molecular weight excluding hydrogens is 314 g/mol. The predicted molar refractivity (Wildman–Crippen MR) is 85.8 cm³/mol. The number of fused-ring (bicyclic) bond motifs is 1. The van der Waals surface area contributed by atoms with Gasteiger partial charge < -0.3 is 15.0 Å². The average Bonchev–Trinajstić information content (AvgIpc) is 2.97. The van der Waals surface area contributed by atoms with E-state index >= 15 is 0 Å². The highest BCUT2D eigenvalue weighted by Gasteiger charge is 2.39. The number of likely N-dealkylation sites (tertiary alicyclic amines) is 1. The van der Waals surface area contributed by atoms with Crippen molar-refractivity contribution < 1.29 is 19.6 Å². The molecule has 2 heterocycles. The molecule has 3 rings (SSSR count). The summed E-state index contributed by atoms with van der Waals surface area (Å²) in [5.74, 6) is -1.23. The molecule has 0 saturated carbocycles. The van der Waals surface area contributed by atoms with E-state index in [0.29, 0.717) is 35.9 Å². The van der Waals surface area contributed by atoms with Crippen LogP contribution in [0, 0.1) is 15.5 Å². The lowest BCUT2D eigenvalue weighted by molar-refractivity contribution is -0.384. The molecule has 1 fully saturated rings. The molecule has 2 N–H and O–H groups in total. The van der Waals surface area contributed by atoms with Gasteiger partial charge in [0, 0.05) is 42.3 Å². The lowest BCUT2D eigenvalue weighted by Gasteiger charge is -2.37. The lowest BCUT2D eigenvalue weighted by atomic mass is 9.82. The molecule has 0 spiro atoms. The molecule has 8 heteroatoms. The summed E-state index contributed by atoms with van der Waals surface area (Å²) in [6.07, 6.45) is 2.64. The molecule has 1 unspecified atom stereocenters. The van der Waals surface area contributed by atoms with Crippen LogP contribution in [0.3, 0.4) is 0 Å². The second-order valence-electron chi connectivity index (χ2n) is 6.39. The molecule has 0 aliphatic carbocycles. The van der Waals surface area contributed by atoms with Crippen LogP contribution in [0.5, 0.6) is 0 Å². The number of rotatable bonds is 3. The van der Waals surface area contributed by atoms with Crippen molar-refractivity contribution in [2.75, 3.05) is 13.1 Å². The van der Waals surface area contributed by atoms with Crippen LogP contribution in [0.25, 0.3) is 10.9 Å². The van der Waals surface area contributed by atoms with Crippen molar-refractivity contribution in [2.45, 2.75) is 19.8 Å². The van der Waals surface area contributed by atoms with E-state index in [1.807, 2.05) is 0 Å². The maximum absolute atomic E-state index is 12.8. The molecule has 8 nitrogen and oxygen atoms in total. The monoisotopic (exact) mass is 331 g/mol. The Labute approximate surface area is 137 Å². The van der Waals surface area contributed by atoms with E-state index in [9.17, 15) is 24.8 Å². The quantitative estimate of drug-likeness (QED) is 0.661. The van der Waals surface area contributed by atoms with Crippen molar-refractivity contribution in [3.05, 3.63) is 40.1 Å². The first-order valence-corrected chi connectivity index (χ1v) is 7.60. The zero-order valence-corrected chi connectivity index (χ0v) is 13.1. The first kappa shape index (κ1) is 16.0. The minimum absolute atomic E-state index is 0.0924. The fourth-order valence-electron chi connectivity index (χ4n) is 3.16. The molecule has 1 atom stereocenters. The normalized spacial score (nSPS) is 21.0. The minimum Gasteiger partial charge on any atom is -0.481 e. The Kier molecular flexibility index (Phi) is 3.75. The first-order chi connectivity index (χ1) is 11.3. The summed E-state index contributed by atoms with van der Waals surface area (Å²) in [6.45, 7) is 2.24. The van der Waals surface area contributed by atoms with Gasteiger partial charge in [0.05, 0.1) is 15.9 Å². The summed E-state index contributed by atoms with van der Waals surface area (Å²) in [6, 6.07) is 4.29. The van der Waals surface area contributed by atoms with Crippen molar-refractivity contribution in [2.24, 2.45) is 5.41 Å². The standard InChI is InChI=1S/C16H17N3O5/c1-16(15(21)22)5-2-6-18(9-16)14(20)12-8-17-13-4-3-10(19(23)24)7-11(12)13/h3-4,7-8,17H,2,5-6,9H2,1H3,(H,21,22). The predicted octanol–water partition coefficient (Wildman–Crippen LogP) is 2.40.